The second-order valence-electron chi connectivity index (χ2n) is 3.46. The van der Waals surface area contributed by atoms with Crippen LogP contribution in [0.5, 0.6) is 0 Å². The van der Waals surface area contributed by atoms with Crippen LogP contribution >= 0.6 is 11.6 Å². The molecule has 0 unspecified atom stereocenters. The van der Waals surface area contributed by atoms with Gasteiger partial charge >= 0.3 is 0 Å². The molecule has 1 aromatic carbocycles. The number of pyridine rings is 1. The van der Waals surface area contributed by atoms with Gasteiger partial charge in [-0.25, -0.2) is 4.98 Å². The number of H-pyrrole nitrogens is 1. The van der Waals surface area contributed by atoms with Crippen LogP contribution in [0.1, 0.15) is 0 Å². The van der Waals surface area contributed by atoms with E-state index >= 15 is 0 Å². The quantitative estimate of drug-likeness (QED) is 0.696. The first-order valence-electron chi connectivity index (χ1n) is 4.89. The summed E-state index contributed by atoms with van der Waals surface area (Å²) < 4.78 is 0. The Labute approximate surface area is 97.1 Å². The molecule has 0 atom stereocenters. The van der Waals surface area contributed by atoms with Crippen LogP contribution in [0, 0.1) is 0 Å². The maximum atomic E-state index is 6.06. The Kier molecular flexibility index (Phi) is 2.11. The molecular weight excluding hydrogens is 222 g/mol. The van der Waals surface area contributed by atoms with Crippen molar-refractivity contribution < 1.29 is 0 Å². The van der Waals surface area contributed by atoms with Gasteiger partial charge in [-0.05, 0) is 18.2 Å². The van der Waals surface area contributed by atoms with Gasteiger partial charge in [0.25, 0.3) is 0 Å². The third-order valence-electron chi connectivity index (χ3n) is 2.42. The van der Waals surface area contributed by atoms with Crippen LogP contribution in [0.4, 0.5) is 0 Å². The molecule has 0 aliphatic heterocycles. The Balaban J connectivity index is 2.23. The second-order valence-corrected chi connectivity index (χ2v) is 3.87. The molecule has 1 N–H and O–H groups in total. The van der Waals surface area contributed by atoms with Crippen molar-refractivity contribution in [1.82, 2.24) is 15.0 Å². The summed E-state index contributed by atoms with van der Waals surface area (Å²) in [5.41, 5.74) is 2.81. The van der Waals surface area contributed by atoms with E-state index in [9.17, 15) is 0 Å². The molecule has 0 spiro atoms. The number of fused-ring (bicyclic) bond motifs is 1. The van der Waals surface area contributed by atoms with E-state index in [1.165, 1.54) is 0 Å². The number of benzene rings is 1. The Morgan fingerprint density at radius 3 is 2.81 bits per heavy atom. The minimum Gasteiger partial charge on any atom is -0.338 e. The number of nitrogens with one attached hydrogen (secondary N) is 1. The minimum absolute atomic E-state index is 0.599. The average molecular weight is 230 g/mol. The lowest BCUT2D eigenvalue weighted by atomic mass is 10.2. The lowest BCUT2D eigenvalue weighted by molar-refractivity contribution is 1.28. The number of imidazole rings is 1. The molecule has 0 fully saturated rings. The molecule has 78 valence electrons. The molecular formula is C12H8ClN3. The van der Waals surface area contributed by atoms with E-state index in [-0.39, 0.29) is 0 Å². The molecule has 0 bridgehead atoms. The number of nitrogens with zero attached hydrogens (tertiary/aromatic N) is 2. The van der Waals surface area contributed by atoms with Gasteiger partial charge in [0.1, 0.15) is 5.82 Å². The van der Waals surface area contributed by atoms with Crippen molar-refractivity contribution >= 4 is 22.6 Å². The highest BCUT2D eigenvalue weighted by atomic mass is 35.5. The zero-order chi connectivity index (χ0) is 11.0. The van der Waals surface area contributed by atoms with E-state index in [0.717, 1.165) is 22.4 Å². The first-order valence-corrected chi connectivity index (χ1v) is 5.27. The largest absolute Gasteiger partial charge is 0.338 e. The van der Waals surface area contributed by atoms with Gasteiger partial charge in [-0.1, -0.05) is 23.7 Å². The minimum atomic E-state index is 0.599. The maximum absolute atomic E-state index is 6.06. The Morgan fingerprint density at radius 2 is 2.00 bits per heavy atom. The zero-order valence-electron chi connectivity index (χ0n) is 8.31. The third kappa shape index (κ3) is 1.46. The number of hydrogen-bond donors (Lipinski definition) is 1. The van der Waals surface area contributed by atoms with E-state index in [1.54, 1.807) is 12.4 Å². The van der Waals surface area contributed by atoms with Crippen molar-refractivity contribution in [3.63, 3.8) is 0 Å². The van der Waals surface area contributed by atoms with Crippen LogP contribution in [-0.2, 0) is 0 Å². The monoisotopic (exact) mass is 229 g/mol. The van der Waals surface area contributed by atoms with Crippen LogP contribution in [-0.4, -0.2) is 15.0 Å². The van der Waals surface area contributed by atoms with Crippen molar-refractivity contribution in [1.29, 1.82) is 0 Å². The Morgan fingerprint density at radius 1 is 1.12 bits per heavy atom. The van der Waals surface area contributed by atoms with E-state index in [0.29, 0.717) is 5.02 Å². The molecule has 0 saturated heterocycles. The van der Waals surface area contributed by atoms with E-state index < -0.39 is 0 Å². The van der Waals surface area contributed by atoms with Gasteiger partial charge in [0.15, 0.2) is 0 Å². The van der Waals surface area contributed by atoms with Gasteiger partial charge in [-0.2, -0.15) is 0 Å². The fourth-order valence-corrected chi connectivity index (χ4v) is 1.86. The standard InChI is InChI=1S/C12H8ClN3/c13-9-7-14-6-5-8(9)12-15-10-3-1-2-4-11(10)16-12/h1-7H,(H,15,16). The summed E-state index contributed by atoms with van der Waals surface area (Å²) in [5.74, 6) is 0.772. The topological polar surface area (TPSA) is 41.6 Å². The number of rotatable bonds is 1. The molecule has 3 aromatic rings. The summed E-state index contributed by atoms with van der Waals surface area (Å²) in [6.45, 7) is 0. The molecule has 0 radical (unpaired) electrons. The van der Waals surface area contributed by atoms with Crippen molar-refractivity contribution in [3.8, 4) is 11.4 Å². The van der Waals surface area contributed by atoms with Gasteiger partial charge in [0.2, 0.25) is 0 Å². The van der Waals surface area contributed by atoms with Crippen molar-refractivity contribution in [2.24, 2.45) is 0 Å². The lowest BCUT2D eigenvalue weighted by Crippen LogP contribution is -1.82. The first kappa shape index (κ1) is 9.36. The average Bonchev–Trinajstić information content (AvgIpc) is 2.73. The molecule has 0 amide bonds. The van der Waals surface area contributed by atoms with Crippen molar-refractivity contribution in [2.75, 3.05) is 0 Å². The van der Waals surface area contributed by atoms with Gasteiger partial charge in [0.05, 0.1) is 16.1 Å². The predicted molar refractivity (Wildman–Crippen MR) is 64.3 cm³/mol. The van der Waals surface area contributed by atoms with Gasteiger partial charge < -0.3 is 4.98 Å². The van der Waals surface area contributed by atoms with E-state index in [2.05, 4.69) is 15.0 Å². The van der Waals surface area contributed by atoms with Crippen LogP contribution in [0.25, 0.3) is 22.4 Å². The smallest absolute Gasteiger partial charge is 0.140 e. The van der Waals surface area contributed by atoms with Crippen LogP contribution in [0.2, 0.25) is 5.02 Å². The molecule has 0 aliphatic carbocycles. The number of halogens is 1. The summed E-state index contributed by atoms with van der Waals surface area (Å²) in [5, 5.41) is 0.599. The fourth-order valence-electron chi connectivity index (χ4n) is 1.65. The first-order chi connectivity index (χ1) is 7.84. The van der Waals surface area contributed by atoms with Gasteiger partial charge in [0, 0.05) is 18.0 Å². The second kappa shape index (κ2) is 3.61. The molecule has 2 heterocycles. The molecule has 3 rings (SSSR count). The Bertz CT molecular complexity index is 612. The Hall–Kier alpha value is -1.87. The summed E-state index contributed by atoms with van der Waals surface area (Å²) in [6.07, 6.45) is 3.32. The fraction of sp³-hybridized carbons (Fsp3) is 0. The summed E-state index contributed by atoms with van der Waals surface area (Å²) in [4.78, 5) is 11.7. The lowest BCUT2D eigenvalue weighted by Gasteiger charge is -1.97. The molecule has 4 heteroatoms. The van der Waals surface area contributed by atoms with E-state index in [4.69, 9.17) is 11.6 Å². The molecule has 2 aromatic heterocycles. The van der Waals surface area contributed by atoms with Crippen LogP contribution < -0.4 is 0 Å². The highest BCUT2D eigenvalue weighted by molar-refractivity contribution is 6.33. The number of para-hydroxylation sites is 2. The predicted octanol–water partition coefficient (Wildman–Crippen LogP) is 3.28. The number of aromatic nitrogens is 3. The summed E-state index contributed by atoms with van der Waals surface area (Å²) >= 11 is 6.06. The molecule has 3 nitrogen and oxygen atoms in total. The van der Waals surface area contributed by atoms with Crippen molar-refractivity contribution in [2.45, 2.75) is 0 Å². The maximum Gasteiger partial charge on any atom is 0.140 e. The molecule has 0 saturated carbocycles. The molecule has 0 aliphatic rings. The highest BCUT2D eigenvalue weighted by Crippen LogP contribution is 2.25. The zero-order valence-corrected chi connectivity index (χ0v) is 9.07. The normalized spacial score (nSPS) is 10.8. The summed E-state index contributed by atoms with van der Waals surface area (Å²) in [6, 6.07) is 9.73. The van der Waals surface area contributed by atoms with Gasteiger partial charge in [-0.15, -0.1) is 0 Å². The summed E-state index contributed by atoms with van der Waals surface area (Å²) in [7, 11) is 0. The van der Waals surface area contributed by atoms with Crippen LogP contribution in [0.3, 0.4) is 0 Å². The number of aromatic amines is 1. The van der Waals surface area contributed by atoms with E-state index in [1.807, 2.05) is 30.3 Å². The molecule has 16 heavy (non-hydrogen) atoms. The third-order valence-corrected chi connectivity index (χ3v) is 2.72. The number of hydrogen-bond acceptors (Lipinski definition) is 2. The van der Waals surface area contributed by atoms with Crippen LogP contribution in [0.15, 0.2) is 42.7 Å². The SMILES string of the molecule is Clc1cnccc1-c1nc2ccccc2[nH]1. The van der Waals surface area contributed by atoms with Gasteiger partial charge in [-0.3, -0.25) is 4.98 Å². The van der Waals surface area contributed by atoms with Crippen molar-refractivity contribution in [3.05, 3.63) is 47.7 Å². The highest BCUT2D eigenvalue weighted by Gasteiger charge is 2.07.